The van der Waals surface area contributed by atoms with Crippen molar-refractivity contribution in [2.45, 2.75) is 12.5 Å². The van der Waals surface area contributed by atoms with Crippen LogP contribution in [0.3, 0.4) is 0 Å². The smallest absolute Gasteiger partial charge is 0.407 e. The normalized spacial score (nSPS) is 31.0. The van der Waals surface area contributed by atoms with Gasteiger partial charge in [0.15, 0.2) is 9.84 Å². The second-order valence-electron chi connectivity index (χ2n) is 4.20. The Morgan fingerprint density at radius 3 is 2.81 bits per heavy atom. The lowest BCUT2D eigenvalue weighted by molar-refractivity contribution is 0.135. The first-order valence-corrected chi connectivity index (χ1v) is 7.10. The highest BCUT2D eigenvalue weighted by atomic mass is 32.2. The van der Waals surface area contributed by atoms with Gasteiger partial charge in [0.1, 0.15) is 12.7 Å². The molecule has 92 valence electrons. The number of carbonyl (C=O) groups excluding carboxylic acids is 1. The van der Waals surface area contributed by atoms with E-state index in [4.69, 9.17) is 9.47 Å². The Labute approximate surface area is 94.2 Å². The third-order valence-corrected chi connectivity index (χ3v) is 4.50. The lowest BCUT2D eigenvalue weighted by atomic mass is 10.1. The fourth-order valence-electron chi connectivity index (χ4n) is 1.64. The van der Waals surface area contributed by atoms with E-state index in [2.05, 4.69) is 5.32 Å². The van der Waals surface area contributed by atoms with Crippen molar-refractivity contribution in [3.63, 3.8) is 0 Å². The van der Waals surface area contributed by atoms with Crippen LogP contribution in [-0.4, -0.2) is 51.9 Å². The standard InChI is InChI=1S/C9H15NO5S/c11-9(15-5-8-4-14-8)10-3-7-1-2-16(12,13)6-7/h7-8H,1-6H2,(H,10,11)/t7-,8+/m0/s1. The molecule has 0 saturated carbocycles. The van der Waals surface area contributed by atoms with Crippen molar-refractivity contribution in [1.29, 1.82) is 0 Å². The number of sulfone groups is 1. The molecule has 7 heteroatoms. The highest BCUT2D eigenvalue weighted by molar-refractivity contribution is 7.91. The molecule has 2 aliphatic rings. The number of rotatable bonds is 4. The number of nitrogens with one attached hydrogen (secondary N) is 1. The maximum absolute atomic E-state index is 11.2. The van der Waals surface area contributed by atoms with Gasteiger partial charge in [0.25, 0.3) is 0 Å². The Balaban J connectivity index is 1.61. The molecule has 2 aliphatic heterocycles. The summed E-state index contributed by atoms with van der Waals surface area (Å²) in [6, 6.07) is 0. The molecule has 2 saturated heterocycles. The molecule has 0 unspecified atom stereocenters. The molecule has 0 aromatic heterocycles. The first-order chi connectivity index (χ1) is 7.55. The minimum absolute atomic E-state index is 0.0229. The zero-order chi connectivity index (χ0) is 11.6. The summed E-state index contributed by atoms with van der Waals surface area (Å²) in [6.07, 6.45) is 0.173. The van der Waals surface area contributed by atoms with E-state index in [9.17, 15) is 13.2 Å². The molecule has 2 fully saturated rings. The summed E-state index contributed by atoms with van der Waals surface area (Å²) >= 11 is 0. The van der Waals surface area contributed by atoms with Crippen molar-refractivity contribution in [2.24, 2.45) is 5.92 Å². The Bertz CT molecular complexity index is 362. The minimum Gasteiger partial charge on any atom is -0.447 e. The number of hydrogen-bond acceptors (Lipinski definition) is 5. The molecule has 0 aliphatic carbocycles. The van der Waals surface area contributed by atoms with Crippen molar-refractivity contribution in [3.8, 4) is 0 Å². The topological polar surface area (TPSA) is 85.0 Å². The van der Waals surface area contributed by atoms with E-state index >= 15 is 0 Å². The van der Waals surface area contributed by atoms with E-state index in [1.54, 1.807) is 0 Å². The number of hydrogen-bond donors (Lipinski definition) is 1. The fourth-order valence-corrected chi connectivity index (χ4v) is 3.51. The Hall–Kier alpha value is -0.820. The molecule has 0 aromatic carbocycles. The molecule has 2 atom stereocenters. The van der Waals surface area contributed by atoms with E-state index in [0.717, 1.165) is 0 Å². The van der Waals surface area contributed by atoms with Gasteiger partial charge in [-0.15, -0.1) is 0 Å². The molecule has 0 radical (unpaired) electrons. The maximum atomic E-state index is 11.2. The molecule has 2 rings (SSSR count). The predicted molar refractivity (Wildman–Crippen MR) is 55.9 cm³/mol. The van der Waals surface area contributed by atoms with Crippen molar-refractivity contribution in [1.82, 2.24) is 5.32 Å². The minimum atomic E-state index is -2.87. The van der Waals surface area contributed by atoms with Crippen LogP contribution in [0.4, 0.5) is 4.79 Å². The molecular weight excluding hydrogens is 234 g/mol. The molecule has 1 N–H and O–H groups in total. The molecule has 6 nitrogen and oxygen atoms in total. The maximum Gasteiger partial charge on any atom is 0.407 e. The van der Waals surface area contributed by atoms with Gasteiger partial charge in [-0.3, -0.25) is 0 Å². The molecule has 0 spiro atoms. The lowest BCUT2D eigenvalue weighted by Gasteiger charge is -2.09. The van der Waals surface area contributed by atoms with E-state index in [-0.39, 0.29) is 30.1 Å². The van der Waals surface area contributed by atoms with Crippen LogP contribution in [-0.2, 0) is 19.3 Å². The van der Waals surface area contributed by atoms with Gasteiger partial charge in [0, 0.05) is 6.54 Å². The van der Waals surface area contributed by atoms with Crippen LogP contribution in [0.5, 0.6) is 0 Å². The van der Waals surface area contributed by atoms with Crippen LogP contribution in [0.25, 0.3) is 0 Å². The van der Waals surface area contributed by atoms with Crippen LogP contribution >= 0.6 is 0 Å². The monoisotopic (exact) mass is 249 g/mol. The number of carbonyl (C=O) groups is 1. The summed E-state index contributed by atoms with van der Waals surface area (Å²) in [6.45, 7) is 1.28. The quantitative estimate of drug-likeness (QED) is 0.682. The second kappa shape index (κ2) is 4.58. The first-order valence-electron chi connectivity index (χ1n) is 5.28. The van der Waals surface area contributed by atoms with Gasteiger partial charge in [-0.1, -0.05) is 0 Å². The Morgan fingerprint density at radius 1 is 1.50 bits per heavy atom. The first kappa shape index (κ1) is 11.7. The third-order valence-electron chi connectivity index (χ3n) is 2.66. The van der Waals surface area contributed by atoms with Crippen molar-refractivity contribution in [2.75, 3.05) is 31.3 Å². The van der Waals surface area contributed by atoms with Crippen LogP contribution < -0.4 is 5.32 Å². The van der Waals surface area contributed by atoms with E-state index in [1.807, 2.05) is 0 Å². The van der Waals surface area contributed by atoms with Crippen LogP contribution in [0.15, 0.2) is 0 Å². The van der Waals surface area contributed by atoms with E-state index < -0.39 is 15.9 Å². The molecule has 0 bridgehead atoms. The van der Waals surface area contributed by atoms with Crippen LogP contribution in [0.2, 0.25) is 0 Å². The number of epoxide rings is 1. The molecule has 0 aromatic rings. The highest BCUT2D eigenvalue weighted by Gasteiger charge is 2.28. The summed E-state index contributed by atoms with van der Waals surface area (Å²) in [4.78, 5) is 11.2. The molecular formula is C9H15NO5S. The van der Waals surface area contributed by atoms with Crippen molar-refractivity contribution < 1.29 is 22.7 Å². The van der Waals surface area contributed by atoms with Crippen molar-refractivity contribution >= 4 is 15.9 Å². The zero-order valence-electron chi connectivity index (χ0n) is 8.85. The fraction of sp³-hybridized carbons (Fsp3) is 0.889. The Morgan fingerprint density at radius 2 is 2.25 bits per heavy atom. The van der Waals surface area contributed by atoms with Gasteiger partial charge in [-0.2, -0.15) is 0 Å². The van der Waals surface area contributed by atoms with Gasteiger partial charge >= 0.3 is 6.09 Å². The summed E-state index contributed by atoms with van der Waals surface area (Å²) in [7, 11) is -2.87. The van der Waals surface area contributed by atoms with E-state index in [0.29, 0.717) is 19.6 Å². The summed E-state index contributed by atoms with van der Waals surface area (Å²) in [5.41, 5.74) is 0. The Kier molecular flexibility index (Phi) is 3.34. The average Bonchev–Trinajstić information content (AvgIpc) is 2.97. The number of ether oxygens (including phenoxy) is 2. The number of amides is 1. The predicted octanol–water partition coefficient (Wildman–Crippen LogP) is -0.454. The molecule has 1 amide bonds. The van der Waals surface area contributed by atoms with Gasteiger partial charge in [-0.25, -0.2) is 13.2 Å². The molecule has 16 heavy (non-hydrogen) atoms. The van der Waals surface area contributed by atoms with E-state index in [1.165, 1.54) is 0 Å². The van der Waals surface area contributed by atoms with Gasteiger partial charge in [0.05, 0.1) is 18.1 Å². The summed E-state index contributed by atoms with van der Waals surface area (Å²) < 4.78 is 32.0. The molecule has 2 heterocycles. The average molecular weight is 249 g/mol. The van der Waals surface area contributed by atoms with Crippen LogP contribution in [0.1, 0.15) is 6.42 Å². The van der Waals surface area contributed by atoms with Gasteiger partial charge in [-0.05, 0) is 12.3 Å². The zero-order valence-corrected chi connectivity index (χ0v) is 9.66. The third kappa shape index (κ3) is 3.64. The van der Waals surface area contributed by atoms with Crippen LogP contribution in [0, 0.1) is 5.92 Å². The SMILES string of the molecule is O=C(NC[C@@H]1CCS(=O)(=O)C1)OC[C@H]1CO1. The summed E-state index contributed by atoms with van der Waals surface area (Å²) in [5.74, 6) is 0.415. The summed E-state index contributed by atoms with van der Waals surface area (Å²) in [5, 5.41) is 2.56. The van der Waals surface area contributed by atoms with Gasteiger partial charge in [0.2, 0.25) is 0 Å². The highest BCUT2D eigenvalue weighted by Crippen LogP contribution is 2.17. The van der Waals surface area contributed by atoms with Gasteiger partial charge < -0.3 is 14.8 Å². The second-order valence-corrected chi connectivity index (χ2v) is 6.43. The lowest BCUT2D eigenvalue weighted by Crippen LogP contribution is -2.31. The van der Waals surface area contributed by atoms with Crippen molar-refractivity contribution in [3.05, 3.63) is 0 Å². The number of alkyl carbamates (subject to hydrolysis) is 1. The largest absolute Gasteiger partial charge is 0.447 e.